The van der Waals surface area contributed by atoms with Gasteiger partial charge >= 0.3 is 327 Å². The molecule has 0 bridgehead atoms. The molecule has 1 aliphatic rings. The summed E-state index contributed by atoms with van der Waals surface area (Å²) in [5.74, 6) is 0. The molecular formula is C42H88O4Sn3. The third-order valence-electron chi connectivity index (χ3n) is 11.3. The van der Waals surface area contributed by atoms with Crippen LogP contribution >= 0.6 is 0 Å². The van der Waals surface area contributed by atoms with Gasteiger partial charge in [-0.2, -0.15) is 0 Å². The van der Waals surface area contributed by atoms with Crippen LogP contribution in [0.1, 0.15) is 179 Å². The molecule has 0 aromatic rings. The molecule has 1 heterocycles. The maximum absolute atomic E-state index is 9.08. The Morgan fingerprint density at radius 2 is 0.776 bits per heavy atom. The Morgan fingerprint density at radius 1 is 0.469 bits per heavy atom. The van der Waals surface area contributed by atoms with E-state index in [9.17, 15) is 0 Å². The molecule has 1 rings (SSSR count). The Kier molecular flexibility index (Phi) is 28.8. The maximum atomic E-state index is 9.08. The predicted octanol–water partition coefficient (Wildman–Crippen LogP) is 14.7. The van der Waals surface area contributed by atoms with E-state index in [1.165, 1.54) is 156 Å². The van der Waals surface area contributed by atoms with E-state index in [-0.39, 0.29) is 18.3 Å². The summed E-state index contributed by atoms with van der Waals surface area (Å²) in [5.41, 5.74) is 0. The third-order valence-corrected chi connectivity index (χ3v) is 50.5. The molecule has 292 valence electrons. The number of hydrogen-bond acceptors (Lipinski definition) is 4. The Morgan fingerprint density at radius 3 is 1.10 bits per heavy atom. The Balaban J connectivity index is 3.79. The molecule has 0 fully saturated rings. The van der Waals surface area contributed by atoms with Gasteiger partial charge in [0.05, 0.1) is 0 Å². The van der Waals surface area contributed by atoms with Crippen LogP contribution in [0.5, 0.6) is 0 Å². The molecule has 0 aromatic heterocycles. The van der Waals surface area contributed by atoms with Crippen LogP contribution in [-0.2, 0) is 14.0 Å². The Hall–Kier alpha value is 1.82. The van der Waals surface area contributed by atoms with Gasteiger partial charge in [-0.05, 0) is 0 Å². The van der Waals surface area contributed by atoms with Crippen molar-refractivity contribution in [2.45, 2.75) is 236 Å². The first-order valence-electron chi connectivity index (χ1n) is 22.6. The number of ether oxygens (including phenoxy) is 1. The quantitative estimate of drug-likeness (QED) is 0.0602. The van der Waals surface area contributed by atoms with Gasteiger partial charge in [-0.15, -0.1) is 0 Å². The van der Waals surface area contributed by atoms with E-state index >= 15 is 0 Å². The second-order valence-electron chi connectivity index (χ2n) is 15.9. The molecule has 7 heteroatoms. The van der Waals surface area contributed by atoms with Crippen molar-refractivity contribution < 1.29 is 15.3 Å². The van der Waals surface area contributed by atoms with Gasteiger partial charge in [0, 0.05) is 0 Å². The zero-order valence-corrected chi connectivity index (χ0v) is 43.3. The van der Waals surface area contributed by atoms with Gasteiger partial charge in [0.25, 0.3) is 0 Å². The van der Waals surface area contributed by atoms with Gasteiger partial charge in [-0.1, -0.05) is 0 Å². The molecular weight excluding hydrogens is 925 g/mol. The van der Waals surface area contributed by atoms with Crippen LogP contribution in [0.4, 0.5) is 0 Å². The molecule has 0 saturated carbocycles. The molecule has 0 radical (unpaired) electrons. The van der Waals surface area contributed by atoms with Crippen molar-refractivity contribution in [2.24, 2.45) is 0 Å². The second kappa shape index (κ2) is 30.1. The molecule has 0 unspecified atom stereocenters. The number of unbranched alkanes of at least 4 members (excludes halogenated alkanes) is 9. The molecule has 0 N–H and O–H groups in total. The third kappa shape index (κ3) is 19.3. The first-order valence-corrected chi connectivity index (χ1v) is 43.7. The number of hydrogen-bond donors (Lipinski definition) is 0. The van der Waals surface area contributed by atoms with Crippen LogP contribution in [-0.4, -0.2) is 81.3 Å². The Labute approximate surface area is 323 Å². The van der Waals surface area contributed by atoms with Gasteiger partial charge in [0.2, 0.25) is 0 Å². The SMILES string of the molecule is [2H]C1=C[C@@H]([O][Sn]([CH2]CCC)([CH2]CCC)[CH2]CCC)[C@H]([O][Sn]([CH2]CCC)([CH2]CCC)[CH2]CCC)[C@@H](C[O][Sn]([CH2]CCC)([CH2]CCC)[CH2]CCC)O1. The van der Waals surface area contributed by atoms with E-state index in [0.29, 0.717) is 12.8 Å². The normalized spacial score (nSPS) is 19.2. The predicted molar refractivity (Wildman–Crippen MR) is 224 cm³/mol. The summed E-state index contributed by atoms with van der Waals surface area (Å²) >= 11 is -9.06. The molecule has 1 aliphatic heterocycles. The topological polar surface area (TPSA) is 36.9 Å². The van der Waals surface area contributed by atoms with E-state index in [0.717, 1.165) is 0 Å². The van der Waals surface area contributed by atoms with Crippen molar-refractivity contribution in [3.05, 3.63) is 12.3 Å². The van der Waals surface area contributed by atoms with Gasteiger partial charge < -0.3 is 0 Å². The van der Waals surface area contributed by atoms with Gasteiger partial charge in [-0.25, -0.2) is 0 Å². The summed E-state index contributed by atoms with van der Waals surface area (Å²) in [5, 5.41) is 0. The van der Waals surface area contributed by atoms with E-state index in [2.05, 4.69) is 68.4 Å². The molecule has 0 saturated heterocycles. The minimum absolute atomic E-state index is 0.126. The monoisotopic (exact) mass is 1020 g/mol. The summed E-state index contributed by atoms with van der Waals surface area (Å²) in [6.07, 6.45) is 24.5. The van der Waals surface area contributed by atoms with Crippen molar-refractivity contribution >= 4 is 56.4 Å². The minimum atomic E-state index is -3.09. The average molecular weight is 1010 g/mol. The molecule has 0 aromatic carbocycles. The summed E-state index contributed by atoms with van der Waals surface area (Å²) in [7, 11) is 0. The fraction of sp³-hybridized carbons (Fsp3) is 0.952. The van der Waals surface area contributed by atoms with Gasteiger partial charge in [0.1, 0.15) is 0 Å². The molecule has 4 nitrogen and oxygen atoms in total. The van der Waals surface area contributed by atoms with Crippen LogP contribution in [0, 0.1) is 0 Å². The van der Waals surface area contributed by atoms with Crippen molar-refractivity contribution in [3.63, 3.8) is 0 Å². The van der Waals surface area contributed by atoms with Crippen molar-refractivity contribution in [1.82, 2.24) is 0 Å². The fourth-order valence-corrected chi connectivity index (χ4v) is 49.4. The zero-order valence-electron chi connectivity index (χ0n) is 35.7. The standard InChI is InChI=1S/C6H7O4.9C4H9.3Sn/c7-3-5-6(9)4(8)1-2-10-5;9*1-3-4-2;;;/h1-2,4-6H,3H2;9*1,3-4H2,2H3;;;/q-3;;;;;;;;;;3*+1/t4-,5-,6+;;;;;;;;;;;;/m1............/s1/i2D;;;;;;;;;;;;. The average Bonchev–Trinajstić information content (AvgIpc) is 3.13. The molecule has 3 atom stereocenters. The van der Waals surface area contributed by atoms with Crippen LogP contribution in [0.25, 0.3) is 0 Å². The summed E-state index contributed by atoms with van der Waals surface area (Å²) < 4.78 is 50.7. The van der Waals surface area contributed by atoms with Crippen LogP contribution in [0.15, 0.2) is 12.3 Å². The van der Waals surface area contributed by atoms with Crippen LogP contribution in [0.2, 0.25) is 39.9 Å². The van der Waals surface area contributed by atoms with Crippen molar-refractivity contribution in [3.8, 4) is 0 Å². The zero-order chi connectivity index (χ0) is 37.1. The fourth-order valence-electron chi connectivity index (χ4n) is 7.96. The summed E-state index contributed by atoms with van der Waals surface area (Å²) in [6, 6.07) is 0. The second-order valence-corrected chi connectivity index (χ2v) is 51.2. The number of rotatable bonds is 34. The van der Waals surface area contributed by atoms with Crippen molar-refractivity contribution in [1.29, 1.82) is 0 Å². The van der Waals surface area contributed by atoms with E-state index in [4.69, 9.17) is 15.3 Å². The molecule has 49 heavy (non-hydrogen) atoms. The van der Waals surface area contributed by atoms with Gasteiger partial charge in [-0.3, -0.25) is 0 Å². The molecule has 0 amide bonds. The van der Waals surface area contributed by atoms with E-state index in [1.54, 1.807) is 0 Å². The molecule has 0 aliphatic carbocycles. The van der Waals surface area contributed by atoms with Gasteiger partial charge in [0.15, 0.2) is 0 Å². The summed E-state index contributed by atoms with van der Waals surface area (Å²) in [4.78, 5) is 0. The van der Waals surface area contributed by atoms with Crippen LogP contribution < -0.4 is 0 Å². The molecule has 0 spiro atoms. The summed E-state index contributed by atoms with van der Waals surface area (Å²) in [6.45, 7) is 21.7. The van der Waals surface area contributed by atoms with E-state index < -0.39 is 56.4 Å². The van der Waals surface area contributed by atoms with E-state index in [1.807, 2.05) is 0 Å². The van der Waals surface area contributed by atoms with Crippen LogP contribution in [0.3, 0.4) is 0 Å². The first-order chi connectivity index (χ1) is 24.2. The first kappa shape index (κ1) is 47.0. The Bertz CT molecular complexity index is 778. The van der Waals surface area contributed by atoms with Crippen molar-refractivity contribution in [2.75, 3.05) is 6.61 Å².